The molecular formula is C18H23N3O. The van der Waals surface area contributed by atoms with Crippen LogP contribution in [0.15, 0.2) is 42.7 Å². The van der Waals surface area contributed by atoms with Crippen molar-refractivity contribution in [1.29, 1.82) is 0 Å². The van der Waals surface area contributed by atoms with Crippen LogP contribution in [0, 0.1) is 13.8 Å². The third-order valence-corrected chi connectivity index (χ3v) is 3.64. The molecule has 4 heteroatoms. The van der Waals surface area contributed by atoms with E-state index in [0.29, 0.717) is 19.6 Å². The molecule has 1 aromatic heterocycles. The van der Waals surface area contributed by atoms with E-state index in [2.05, 4.69) is 4.98 Å². The van der Waals surface area contributed by atoms with Crippen molar-refractivity contribution in [2.24, 2.45) is 5.73 Å². The van der Waals surface area contributed by atoms with Crippen molar-refractivity contribution in [2.75, 3.05) is 13.1 Å². The highest BCUT2D eigenvalue weighted by molar-refractivity contribution is 5.95. The molecule has 1 amide bonds. The Morgan fingerprint density at radius 1 is 1.27 bits per heavy atom. The Morgan fingerprint density at radius 2 is 2.09 bits per heavy atom. The lowest BCUT2D eigenvalue weighted by molar-refractivity contribution is 0.0741. The minimum absolute atomic E-state index is 0.0542. The number of nitrogens with zero attached hydrogens (tertiary/aromatic N) is 2. The zero-order chi connectivity index (χ0) is 15.9. The molecule has 22 heavy (non-hydrogen) atoms. The molecule has 0 unspecified atom stereocenters. The van der Waals surface area contributed by atoms with Gasteiger partial charge in [-0.25, -0.2) is 0 Å². The number of hydrogen-bond donors (Lipinski definition) is 1. The largest absolute Gasteiger partial charge is 0.334 e. The van der Waals surface area contributed by atoms with Crippen LogP contribution >= 0.6 is 0 Å². The third-order valence-electron chi connectivity index (χ3n) is 3.64. The summed E-state index contributed by atoms with van der Waals surface area (Å²) in [6, 6.07) is 9.85. The summed E-state index contributed by atoms with van der Waals surface area (Å²) < 4.78 is 0. The summed E-state index contributed by atoms with van der Waals surface area (Å²) in [5.74, 6) is 0.0542. The average Bonchev–Trinajstić information content (AvgIpc) is 2.54. The summed E-state index contributed by atoms with van der Waals surface area (Å²) in [6.45, 7) is 5.75. The Labute approximate surface area is 132 Å². The van der Waals surface area contributed by atoms with Crippen LogP contribution in [0.3, 0.4) is 0 Å². The van der Waals surface area contributed by atoms with Gasteiger partial charge in [0.15, 0.2) is 0 Å². The second-order valence-electron chi connectivity index (χ2n) is 5.55. The first-order valence-electron chi connectivity index (χ1n) is 7.57. The van der Waals surface area contributed by atoms with Crippen LogP contribution in [-0.2, 0) is 6.54 Å². The zero-order valence-electron chi connectivity index (χ0n) is 13.2. The minimum atomic E-state index is 0.0542. The minimum Gasteiger partial charge on any atom is -0.334 e. The highest BCUT2D eigenvalue weighted by Gasteiger charge is 2.17. The predicted molar refractivity (Wildman–Crippen MR) is 88.6 cm³/mol. The maximum atomic E-state index is 12.9. The molecule has 116 valence electrons. The summed E-state index contributed by atoms with van der Waals surface area (Å²) in [5.41, 5.74) is 9.49. The van der Waals surface area contributed by atoms with E-state index in [1.165, 1.54) is 0 Å². The number of benzene rings is 1. The first-order valence-corrected chi connectivity index (χ1v) is 7.57. The van der Waals surface area contributed by atoms with Crippen molar-refractivity contribution in [3.8, 4) is 0 Å². The molecule has 0 aliphatic rings. The van der Waals surface area contributed by atoms with E-state index in [9.17, 15) is 4.79 Å². The molecule has 0 spiro atoms. The first kappa shape index (κ1) is 16.2. The van der Waals surface area contributed by atoms with Crippen LogP contribution < -0.4 is 5.73 Å². The van der Waals surface area contributed by atoms with E-state index in [1.54, 1.807) is 12.4 Å². The van der Waals surface area contributed by atoms with E-state index in [1.807, 2.05) is 49.1 Å². The Bertz CT molecular complexity index is 625. The number of carbonyl (C=O) groups excluding carboxylic acids is 1. The Kier molecular flexibility index (Phi) is 5.67. The van der Waals surface area contributed by atoms with Gasteiger partial charge in [-0.05, 0) is 50.1 Å². The van der Waals surface area contributed by atoms with Crippen LogP contribution in [0.1, 0.15) is 33.5 Å². The Hall–Kier alpha value is -2.20. The fourth-order valence-corrected chi connectivity index (χ4v) is 2.38. The highest BCUT2D eigenvalue weighted by atomic mass is 16.2. The number of pyridine rings is 1. The van der Waals surface area contributed by atoms with E-state index in [-0.39, 0.29) is 5.91 Å². The van der Waals surface area contributed by atoms with Crippen LogP contribution in [0.5, 0.6) is 0 Å². The van der Waals surface area contributed by atoms with Gasteiger partial charge in [-0.1, -0.05) is 23.8 Å². The number of amides is 1. The van der Waals surface area contributed by atoms with Gasteiger partial charge in [0.1, 0.15) is 0 Å². The molecule has 1 aromatic carbocycles. The van der Waals surface area contributed by atoms with Gasteiger partial charge in [0, 0.05) is 31.0 Å². The Balaban J connectivity index is 2.24. The van der Waals surface area contributed by atoms with E-state index in [0.717, 1.165) is 28.7 Å². The quantitative estimate of drug-likeness (QED) is 0.892. The number of aryl methyl sites for hydroxylation is 2. The molecule has 0 fully saturated rings. The van der Waals surface area contributed by atoms with Crippen molar-refractivity contribution >= 4 is 5.91 Å². The molecule has 2 N–H and O–H groups in total. The standard InChI is InChI=1S/C18H23N3O/c1-14-6-7-15(2)17(11-14)18(22)21(10-4-8-19)13-16-5-3-9-20-12-16/h3,5-7,9,11-12H,4,8,10,13,19H2,1-2H3. The normalized spacial score (nSPS) is 10.5. The lowest BCUT2D eigenvalue weighted by atomic mass is 10.0. The average molecular weight is 297 g/mol. The molecule has 0 aliphatic heterocycles. The van der Waals surface area contributed by atoms with Crippen molar-refractivity contribution in [3.63, 3.8) is 0 Å². The van der Waals surface area contributed by atoms with E-state index < -0.39 is 0 Å². The molecule has 0 radical (unpaired) electrons. The maximum Gasteiger partial charge on any atom is 0.254 e. The summed E-state index contributed by atoms with van der Waals surface area (Å²) in [6.07, 6.45) is 4.32. The molecule has 0 bridgehead atoms. The molecule has 1 heterocycles. The van der Waals surface area contributed by atoms with Crippen LogP contribution in [-0.4, -0.2) is 28.9 Å². The first-order chi connectivity index (χ1) is 10.6. The van der Waals surface area contributed by atoms with Gasteiger partial charge in [0.2, 0.25) is 0 Å². The smallest absolute Gasteiger partial charge is 0.254 e. The number of hydrogen-bond acceptors (Lipinski definition) is 3. The van der Waals surface area contributed by atoms with Gasteiger partial charge in [-0.2, -0.15) is 0 Å². The fraction of sp³-hybridized carbons (Fsp3) is 0.333. The van der Waals surface area contributed by atoms with E-state index in [4.69, 9.17) is 5.73 Å². The number of nitrogens with two attached hydrogens (primary N) is 1. The molecule has 0 aliphatic carbocycles. The van der Waals surface area contributed by atoms with Crippen LogP contribution in [0.25, 0.3) is 0 Å². The van der Waals surface area contributed by atoms with Gasteiger partial charge in [-0.15, -0.1) is 0 Å². The third kappa shape index (κ3) is 4.15. The second-order valence-corrected chi connectivity index (χ2v) is 5.55. The van der Waals surface area contributed by atoms with Gasteiger partial charge >= 0.3 is 0 Å². The van der Waals surface area contributed by atoms with Crippen molar-refractivity contribution in [2.45, 2.75) is 26.8 Å². The van der Waals surface area contributed by atoms with E-state index >= 15 is 0 Å². The summed E-state index contributed by atoms with van der Waals surface area (Å²) in [4.78, 5) is 18.9. The lowest BCUT2D eigenvalue weighted by Gasteiger charge is -2.23. The number of rotatable bonds is 6. The second kappa shape index (κ2) is 7.71. The summed E-state index contributed by atoms with van der Waals surface area (Å²) >= 11 is 0. The summed E-state index contributed by atoms with van der Waals surface area (Å²) in [7, 11) is 0. The SMILES string of the molecule is Cc1ccc(C)c(C(=O)N(CCCN)Cc2cccnc2)c1. The monoisotopic (exact) mass is 297 g/mol. The van der Waals surface area contributed by atoms with Crippen LogP contribution in [0.2, 0.25) is 0 Å². The van der Waals surface area contributed by atoms with Gasteiger partial charge in [0.05, 0.1) is 0 Å². The molecule has 2 aromatic rings. The predicted octanol–water partition coefficient (Wildman–Crippen LogP) is 2.69. The zero-order valence-corrected chi connectivity index (χ0v) is 13.2. The molecule has 2 rings (SSSR count). The van der Waals surface area contributed by atoms with Crippen molar-refractivity contribution in [1.82, 2.24) is 9.88 Å². The van der Waals surface area contributed by atoms with Gasteiger partial charge < -0.3 is 10.6 Å². The lowest BCUT2D eigenvalue weighted by Crippen LogP contribution is -2.33. The summed E-state index contributed by atoms with van der Waals surface area (Å²) in [5, 5.41) is 0. The number of aromatic nitrogens is 1. The van der Waals surface area contributed by atoms with Crippen molar-refractivity contribution in [3.05, 3.63) is 65.0 Å². The molecule has 0 saturated carbocycles. The van der Waals surface area contributed by atoms with Crippen LogP contribution in [0.4, 0.5) is 0 Å². The van der Waals surface area contributed by atoms with Gasteiger partial charge in [0.25, 0.3) is 5.91 Å². The Morgan fingerprint density at radius 3 is 2.77 bits per heavy atom. The molecule has 4 nitrogen and oxygen atoms in total. The highest BCUT2D eigenvalue weighted by Crippen LogP contribution is 2.15. The molecule has 0 atom stereocenters. The fourth-order valence-electron chi connectivity index (χ4n) is 2.38. The maximum absolute atomic E-state index is 12.9. The van der Waals surface area contributed by atoms with Gasteiger partial charge in [-0.3, -0.25) is 9.78 Å². The molecular weight excluding hydrogens is 274 g/mol. The topological polar surface area (TPSA) is 59.2 Å². The van der Waals surface area contributed by atoms with Crippen molar-refractivity contribution < 1.29 is 4.79 Å². The number of carbonyl (C=O) groups is 1. The molecule has 0 saturated heterocycles.